The number of aromatic carboxylic acids is 1. The van der Waals surface area contributed by atoms with E-state index in [0.29, 0.717) is 24.6 Å². The van der Waals surface area contributed by atoms with Gasteiger partial charge in [0.25, 0.3) is 0 Å². The average molecular weight is 180 g/mol. The summed E-state index contributed by atoms with van der Waals surface area (Å²) in [5.74, 6) is -0.637. The smallest absolute Gasteiger partial charge is 0.341 e. The zero-order valence-corrected chi connectivity index (χ0v) is 6.78. The van der Waals surface area contributed by atoms with Gasteiger partial charge in [0.05, 0.1) is 11.9 Å². The molecule has 2 heterocycles. The van der Waals surface area contributed by atoms with E-state index in [2.05, 4.69) is 10.3 Å². The molecule has 0 radical (unpaired) electrons. The van der Waals surface area contributed by atoms with Crippen LogP contribution in [0.5, 0.6) is 5.75 Å². The Morgan fingerprint density at radius 2 is 2.46 bits per heavy atom. The molecule has 0 bridgehead atoms. The van der Waals surface area contributed by atoms with Gasteiger partial charge in [0.2, 0.25) is 0 Å². The van der Waals surface area contributed by atoms with Crippen LogP contribution in [0, 0.1) is 0 Å². The number of carbonyl (C=O) groups is 1. The van der Waals surface area contributed by atoms with Crippen LogP contribution < -0.4 is 10.1 Å². The van der Waals surface area contributed by atoms with Crippen molar-refractivity contribution in [2.75, 3.05) is 18.5 Å². The van der Waals surface area contributed by atoms with Crippen molar-refractivity contribution in [2.45, 2.75) is 0 Å². The number of carboxylic acids is 1. The first-order valence-corrected chi connectivity index (χ1v) is 3.87. The van der Waals surface area contributed by atoms with Crippen LogP contribution in [0.15, 0.2) is 12.4 Å². The van der Waals surface area contributed by atoms with E-state index in [1.165, 1.54) is 6.20 Å². The lowest BCUT2D eigenvalue weighted by molar-refractivity contribution is 0.0691. The maximum Gasteiger partial charge on any atom is 0.341 e. The molecule has 68 valence electrons. The van der Waals surface area contributed by atoms with Crippen molar-refractivity contribution >= 4 is 11.7 Å². The molecule has 0 atom stereocenters. The lowest BCUT2D eigenvalue weighted by Crippen LogP contribution is -2.20. The Bertz CT molecular complexity index is 351. The van der Waals surface area contributed by atoms with Crippen LogP contribution in [0.3, 0.4) is 0 Å². The van der Waals surface area contributed by atoms with Gasteiger partial charge in [0.15, 0.2) is 5.75 Å². The second-order valence-electron chi connectivity index (χ2n) is 2.64. The first-order valence-electron chi connectivity index (χ1n) is 3.87. The molecule has 0 aliphatic carbocycles. The summed E-state index contributed by atoms with van der Waals surface area (Å²) < 4.78 is 5.23. The first-order chi connectivity index (χ1) is 6.29. The van der Waals surface area contributed by atoms with Gasteiger partial charge in [-0.2, -0.15) is 0 Å². The Balaban J connectivity index is 2.52. The summed E-state index contributed by atoms with van der Waals surface area (Å²) in [7, 11) is 0. The minimum absolute atomic E-state index is 0.102. The minimum atomic E-state index is -1.02. The molecule has 1 aromatic rings. The zero-order valence-electron chi connectivity index (χ0n) is 6.78. The van der Waals surface area contributed by atoms with Crippen molar-refractivity contribution < 1.29 is 14.6 Å². The molecule has 5 heteroatoms. The molecule has 2 N–H and O–H groups in total. The number of nitrogens with zero attached hydrogens (tertiary/aromatic N) is 1. The molecule has 2 rings (SSSR count). The number of ether oxygens (including phenoxy) is 1. The number of hydrogen-bond acceptors (Lipinski definition) is 4. The molecule has 0 saturated carbocycles. The molecule has 1 aliphatic heterocycles. The van der Waals surface area contributed by atoms with Gasteiger partial charge in [-0.3, -0.25) is 4.98 Å². The fourth-order valence-corrected chi connectivity index (χ4v) is 1.22. The molecule has 5 nitrogen and oxygen atoms in total. The minimum Gasteiger partial charge on any atom is -0.489 e. The Kier molecular flexibility index (Phi) is 1.77. The Labute approximate surface area is 74.4 Å². The van der Waals surface area contributed by atoms with Crippen molar-refractivity contribution in [1.82, 2.24) is 4.98 Å². The Hall–Kier alpha value is -1.78. The second kappa shape index (κ2) is 2.93. The first kappa shape index (κ1) is 7.85. The zero-order chi connectivity index (χ0) is 9.26. The van der Waals surface area contributed by atoms with Gasteiger partial charge >= 0.3 is 5.97 Å². The van der Waals surface area contributed by atoms with Crippen LogP contribution in [-0.4, -0.2) is 29.2 Å². The van der Waals surface area contributed by atoms with Crippen LogP contribution in [0.25, 0.3) is 0 Å². The van der Waals surface area contributed by atoms with Gasteiger partial charge in [-0.1, -0.05) is 0 Å². The topological polar surface area (TPSA) is 71.5 Å². The highest BCUT2D eigenvalue weighted by Crippen LogP contribution is 2.29. The lowest BCUT2D eigenvalue weighted by atomic mass is 10.2. The number of nitrogens with one attached hydrogen (secondary N) is 1. The third-order valence-electron chi connectivity index (χ3n) is 1.79. The number of anilines is 1. The third-order valence-corrected chi connectivity index (χ3v) is 1.79. The van der Waals surface area contributed by atoms with E-state index in [1.807, 2.05) is 0 Å². The Morgan fingerprint density at radius 1 is 1.62 bits per heavy atom. The average Bonchev–Trinajstić information content (AvgIpc) is 2.17. The van der Waals surface area contributed by atoms with Crippen molar-refractivity contribution in [3.63, 3.8) is 0 Å². The van der Waals surface area contributed by atoms with E-state index >= 15 is 0 Å². The molecule has 0 unspecified atom stereocenters. The summed E-state index contributed by atoms with van der Waals surface area (Å²) in [5, 5.41) is 11.8. The molecule has 0 amide bonds. The molecule has 0 fully saturated rings. The number of carboxylic acid groups (broad SMARTS) is 1. The van der Waals surface area contributed by atoms with E-state index in [1.54, 1.807) is 6.20 Å². The Morgan fingerprint density at radius 3 is 3.23 bits per heavy atom. The highest BCUT2D eigenvalue weighted by Gasteiger charge is 2.18. The van der Waals surface area contributed by atoms with E-state index in [0.717, 1.165) is 0 Å². The van der Waals surface area contributed by atoms with Crippen molar-refractivity contribution in [1.29, 1.82) is 0 Å². The van der Waals surface area contributed by atoms with E-state index in [9.17, 15) is 4.79 Å². The van der Waals surface area contributed by atoms with Gasteiger partial charge in [0.1, 0.15) is 12.2 Å². The molecular weight excluding hydrogens is 172 g/mol. The monoisotopic (exact) mass is 180 g/mol. The number of hydrogen-bond donors (Lipinski definition) is 2. The molecule has 13 heavy (non-hydrogen) atoms. The lowest BCUT2D eigenvalue weighted by Gasteiger charge is -2.19. The number of aromatic nitrogens is 1. The quantitative estimate of drug-likeness (QED) is 0.661. The van der Waals surface area contributed by atoms with Gasteiger partial charge in [0, 0.05) is 12.7 Å². The summed E-state index contributed by atoms with van der Waals surface area (Å²) in [6.45, 7) is 1.16. The largest absolute Gasteiger partial charge is 0.489 e. The summed E-state index contributed by atoms with van der Waals surface area (Å²) in [5.41, 5.74) is 0.746. The standard InChI is InChI=1S/C8H8N2O3/c11-8(12)5-3-9-4-6-7(5)13-2-1-10-6/h3-4,10H,1-2H2,(H,11,12). The molecule has 0 spiro atoms. The molecule has 0 aromatic carbocycles. The van der Waals surface area contributed by atoms with Crippen LogP contribution in [0.4, 0.5) is 5.69 Å². The number of rotatable bonds is 1. The SMILES string of the molecule is O=C(O)c1cncc2c1OCCN2. The summed E-state index contributed by atoms with van der Waals surface area (Å²) in [6, 6.07) is 0. The molecular formula is C8H8N2O3. The van der Waals surface area contributed by atoms with Crippen LogP contribution in [-0.2, 0) is 0 Å². The van der Waals surface area contributed by atoms with Crippen LogP contribution in [0.1, 0.15) is 10.4 Å². The second-order valence-corrected chi connectivity index (χ2v) is 2.64. The van der Waals surface area contributed by atoms with Gasteiger partial charge < -0.3 is 15.2 Å². The fraction of sp³-hybridized carbons (Fsp3) is 0.250. The summed E-state index contributed by atoms with van der Waals surface area (Å²) in [4.78, 5) is 14.5. The maximum atomic E-state index is 10.7. The van der Waals surface area contributed by atoms with Crippen LogP contribution in [0.2, 0.25) is 0 Å². The van der Waals surface area contributed by atoms with Gasteiger partial charge in [-0.05, 0) is 0 Å². The highest BCUT2D eigenvalue weighted by molar-refractivity contribution is 5.93. The predicted molar refractivity (Wildman–Crippen MR) is 45.2 cm³/mol. The van der Waals surface area contributed by atoms with E-state index in [4.69, 9.17) is 9.84 Å². The number of pyridine rings is 1. The molecule has 1 aromatic heterocycles. The number of fused-ring (bicyclic) bond motifs is 1. The van der Waals surface area contributed by atoms with E-state index < -0.39 is 5.97 Å². The van der Waals surface area contributed by atoms with Crippen molar-refractivity contribution in [2.24, 2.45) is 0 Å². The fourth-order valence-electron chi connectivity index (χ4n) is 1.22. The van der Waals surface area contributed by atoms with Gasteiger partial charge in [-0.15, -0.1) is 0 Å². The van der Waals surface area contributed by atoms with Gasteiger partial charge in [-0.25, -0.2) is 4.79 Å². The van der Waals surface area contributed by atoms with Crippen LogP contribution >= 0.6 is 0 Å². The summed E-state index contributed by atoms with van der Waals surface area (Å²) >= 11 is 0. The third kappa shape index (κ3) is 1.28. The maximum absolute atomic E-state index is 10.7. The van der Waals surface area contributed by atoms with E-state index in [-0.39, 0.29) is 5.56 Å². The molecule has 1 aliphatic rings. The normalized spacial score (nSPS) is 13.8. The summed E-state index contributed by atoms with van der Waals surface area (Å²) in [6.07, 6.45) is 2.84. The van der Waals surface area contributed by atoms with Crippen molar-refractivity contribution in [3.05, 3.63) is 18.0 Å². The molecule has 0 saturated heterocycles. The van der Waals surface area contributed by atoms with Crippen molar-refractivity contribution in [3.8, 4) is 5.75 Å². The predicted octanol–water partition coefficient (Wildman–Crippen LogP) is 0.584. The highest BCUT2D eigenvalue weighted by atomic mass is 16.5.